The van der Waals surface area contributed by atoms with E-state index in [1.54, 1.807) is 13.0 Å². The zero-order valence-electron chi connectivity index (χ0n) is 18.7. The molecule has 0 aliphatic rings. The number of hydrogen-bond acceptors (Lipinski definition) is 6. The van der Waals surface area contributed by atoms with Crippen molar-refractivity contribution in [2.75, 3.05) is 5.75 Å². The molecule has 0 spiro atoms. The van der Waals surface area contributed by atoms with Gasteiger partial charge in [-0.25, -0.2) is 14.8 Å². The van der Waals surface area contributed by atoms with Gasteiger partial charge in [0.05, 0.1) is 11.8 Å². The Balaban J connectivity index is 1.91. The fourth-order valence-electron chi connectivity index (χ4n) is 3.40. The highest BCUT2D eigenvalue weighted by Gasteiger charge is 2.20. The SMILES string of the molecule is Cc1nc(SCC(=O)NC(C)c2ccccc2Cl)c2c(=O)n(C)c(=O)n(CC(C)C)c2n1. The standard InChI is InChI=1S/C22H26ClN5O3S/c1-12(2)10-28-19-18(21(30)27(5)22(28)31)20(26-14(4)25-19)32-11-17(29)24-13(3)15-8-6-7-9-16(15)23/h6-9,12-13H,10-11H2,1-5H3,(H,24,29). The Morgan fingerprint density at radius 3 is 2.53 bits per heavy atom. The van der Waals surface area contributed by atoms with E-state index in [9.17, 15) is 14.4 Å². The Morgan fingerprint density at radius 2 is 1.88 bits per heavy atom. The first-order chi connectivity index (χ1) is 15.1. The van der Waals surface area contributed by atoms with Gasteiger partial charge >= 0.3 is 5.69 Å². The van der Waals surface area contributed by atoms with Gasteiger partial charge in [-0.05, 0) is 31.4 Å². The van der Waals surface area contributed by atoms with Gasteiger partial charge in [-0.2, -0.15) is 0 Å². The molecule has 0 fully saturated rings. The third-order valence-electron chi connectivity index (χ3n) is 4.90. The maximum absolute atomic E-state index is 12.9. The number of nitrogens with one attached hydrogen (secondary N) is 1. The van der Waals surface area contributed by atoms with E-state index in [-0.39, 0.29) is 29.0 Å². The molecule has 1 amide bonds. The summed E-state index contributed by atoms with van der Waals surface area (Å²) in [7, 11) is 1.44. The summed E-state index contributed by atoms with van der Waals surface area (Å²) in [5.41, 5.74) is 0.225. The van der Waals surface area contributed by atoms with Gasteiger partial charge in [0.15, 0.2) is 5.65 Å². The van der Waals surface area contributed by atoms with E-state index in [2.05, 4.69) is 15.3 Å². The number of hydrogen-bond donors (Lipinski definition) is 1. The molecule has 0 bridgehead atoms. The second-order valence-electron chi connectivity index (χ2n) is 8.03. The monoisotopic (exact) mass is 475 g/mol. The number of aromatic nitrogens is 4. The summed E-state index contributed by atoms with van der Waals surface area (Å²) >= 11 is 7.36. The van der Waals surface area contributed by atoms with E-state index in [1.165, 1.54) is 11.6 Å². The van der Waals surface area contributed by atoms with Gasteiger partial charge in [0.25, 0.3) is 5.56 Å². The lowest BCUT2D eigenvalue weighted by Crippen LogP contribution is -2.39. The Labute approximate surface area is 195 Å². The van der Waals surface area contributed by atoms with Crippen LogP contribution in [0.4, 0.5) is 0 Å². The molecule has 10 heteroatoms. The van der Waals surface area contributed by atoms with Crippen molar-refractivity contribution >= 4 is 40.3 Å². The fourth-order valence-corrected chi connectivity index (χ4v) is 4.57. The molecule has 1 aromatic carbocycles. The second-order valence-corrected chi connectivity index (χ2v) is 9.40. The lowest BCUT2D eigenvalue weighted by Gasteiger charge is -2.16. The Morgan fingerprint density at radius 1 is 1.19 bits per heavy atom. The molecule has 0 saturated heterocycles. The average Bonchev–Trinajstić information content (AvgIpc) is 2.73. The third-order valence-corrected chi connectivity index (χ3v) is 6.22. The van der Waals surface area contributed by atoms with Crippen molar-refractivity contribution in [2.45, 2.75) is 45.3 Å². The molecular formula is C22H26ClN5O3S. The van der Waals surface area contributed by atoms with E-state index >= 15 is 0 Å². The Kier molecular flexibility index (Phi) is 7.40. The van der Waals surface area contributed by atoms with Crippen LogP contribution in [-0.2, 0) is 18.4 Å². The predicted molar refractivity (Wildman–Crippen MR) is 127 cm³/mol. The van der Waals surface area contributed by atoms with Gasteiger partial charge in [-0.1, -0.05) is 55.4 Å². The number of nitrogens with zero attached hydrogens (tertiary/aromatic N) is 4. The summed E-state index contributed by atoms with van der Waals surface area (Å²) in [6, 6.07) is 7.06. The number of carbonyl (C=O) groups is 1. The average molecular weight is 476 g/mol. The minimum absolute atomic E-state index is 0.0484. The van der Waals surface area contributed by atoms with E-state index in [0.717, 1.165) is 21.9 Å². The van der Waals surface area contributed by atoms with Crippen molar-refractivity contribution in [3.63, 3.8) is 0 Å². The zero-order chi connectivity index (χ0) is 23.6. The predicted octanol–water partition coefficient (Wildman–Crippen LogP) is 3.08. The summed E-state index contributed by atoms with van der Waals surface area (Å²) in [6.45, 7) is 7.94. The molecule has 32 heavy (non-hydrogen) atoms. The number of carbonyl (C=O) groups excluding carboxylic acids is 1. The molecule has 3 rings (SSSR count). The molecule has 0 saturated carbocycles. The van der Waals surface area contributed by atoms with Crippen molar-refractivity contribution in [1.29, 1.82) is 0 Å². The topological polar surface area (TPSA) is 98.9 Å². The summed E-state index contributed by atoms with van der Waals surface area (Å²) in [5.74, 6) is 0.429. The van der Waals surface area contributed by atoms with E-state index in [0.29, 0.717) is 28.1 Å². The van der Waals surface area contributed by atoms with E-state index < -0.39 is 11.2 Å². The maximum atomic E-state index is 12.9. The lowest BCUT2D eigenvalue weighted by molar-refractivity contribution is -0.119. The van der Waals surface area contributed by atoms with Crippen LogP contribution in [0.3, 0.4) is 0 Å². The van der Waals surface area contributed by atoms with Crippen LogP contribution in [0.15, 0.2) is 38.9 Å². The van der Waals surface area contributed by atoms with E-state index in [4.69, 9.17) is 11.6 Å². The maximum Gasteiger partial charge on any atom is 0.332 e. The first kappa shape index (κ1) is 24.0. The van der Waals surface area contributed by atoms with Crippen molar-refractivity contribution in [2.24, 2.45) is 13.0 Å². The quantitative estimate of drug-likeness (QED) is 0.416. The van der Waals surface area contributed by atoms with Crippen LogP contribution in [0.25, 0.3) is 11.0 Å². The highest BCUT2D eigenvalue weighted by Crippen LogP contribution is 2.24. The lowest BCUT2D eigenvalue weighted by atomic mass is 10.1. The molecule has 2 aromatic heterocycles. The molecule has 1 unspecified atom stereocenters. The number of halogens is 1. The third kappa shape index (κ3) is 5.05. The van der Waals surface area contributed by atoms with Crippen LogP contribution in [0.1, 0.15) is 38.2 Å². The minimum Gasteiger partial charge on any atom is -0.349 e. The molecule has 0 aliphatic carbocycles. The van der Waals surface area contributed by atoms with Crippen molar-refractivity contribution < 1.29 is 4.79 Å². The first-order valence-corrected chi connectivity index (χ1v) is 11.6. The van der Waals surface area contributed by atoms with Crippen LogP contribution in [0, 0.1) is 12.8 Å². The summed E-state index contributed by atoms with van der Waals surface area (Å²) in [5, 5.41) is 4.12. The summed E-state index contributed by atoms with van der Waals surface area (Å²) in [6.07, 6.45) is 0. The van der Waals surface area contributed by atoms with Crippen LogP contribution in [-0.4, -0.2) is 30.8 Å². The van der Waals surface area contributed by atoms with Crippen LogP contribution in [0.2, 0.25) is 5.02 Å². The molecule has 1 atom stereocenters. The molecular weight excluding hydrogens is 450 g/mol. The normalized spacial score (nSPS) is 12.3. The van der Waals surface area contributed by atoms with Crippen molar-refractivity contribution in [3.05, 3.63) is 61.5 Å². The zero-order valence-corrected chi connectivity index (χ0v) is 20.3. The molecule has 170 valence electrons. The molecule has 1 N–H and O–H groups in total. The number of benzene rings is 1. The van der Waals surface area contributed by atoms with Gasteiger partial charge in [-0.15, -0.1) is 0 Å². The first-order valence-electron chi connectivity index (χ1n) is 10.2. The Bertz CT molecular complexity index is 1290. The highest BCUT2D eigenvalue weighted by molar-refractivity contribution is 8.00. The second kappa shape index (κ2) is 9.87. The van der Waals surface area contributed by atoms with Gasteiger partial charge < -0.3 is 5.32 Å². The van der Waals surface area contributed by atoms with Gasteiger partial charge in [0.1, 0.15) is 16.2 Å². The molecule has 0 radical (unpaired) electrons. The number of rotatable bonds is 7. The molecule has 2 heterocycles. The Hall–Kier alpha value is -2.65. The smallest absolute Gasteiger partial charge is 0.332 e. The van der Waals surface area contributed by atoms with Gasteiger partial charge in [0.2, 0.25) is 5.91 Å². The van der Waals surface area contributed by atoms with Crippen molar-refractivity contribution in [3.8, 4) is 0 Å². The van der Waals surface area contributed by atoms with E-state index in [1.807, 2.05) is 39.0 Å². The van der Waals surface area contributed by atoms with Gasteiger partial charge in [-0.3, -0.25) is 18.7 Å². The number of amides is 1. The molecule has 8 nitrogen and oxygen atoms in total. The van der Waals surface area contributed by atoms with Crippen LogP contribution < -0.4 is 16.6 Å². The summed E-state index contributed by atoms with van der Waals surface area (Å²) < 4.78 is 2.56. The van der Waals surface area contributed by atoms with Gasteiger partial charge in [0, 0.05) is 18.6 Å². The number of thioether (sulfide) groups is 1. The summed E-state index contributed by atoms with van der Waals surface area (Å²) in [4.78, 5) is 47.0. The number of aryl methyl sites for hydroxylation is 1. The molecule has 0 aliphatic heterocycles. The van der Waals surface area contributed by atoms with Crippen LogP contribution >= 0.6 is 23.4 Å². The number of fused-ring (bicyclic) bond motifs is 1. The minimum atomic E-state index is -0.475. The highest BCUT2D eigenvalue weighted by atomic mass is 35.5. The van der Waals surface area contributed by atoms with Crippen molar-refractivity contribution in [1.82, 2.24) is 24.4 Å². The fraction of sp³-hybridized carbons (Fsp3) is 0.409. The van der Waals surface area contributed by atoms with Crippen LogP contribution in [0.5, 0.6) is 0 Å². The largest absolute Gasteiger partial charge is 0.349 e. The molecule has 3 aromatic rings.